The highest BCUT2D eigenvalue weighted by molar-refractivity contribution is 6.32. The molecule has 1 unspecified atom stereocenters. The Bertz CT molecular complexity index is 714. The van der Waals surface area contributed by atoms with Gasteiger partial charge in [0.1, 0.15) is 5.15 Å². The minimum absolute atomic E-state index is 0.211. The molecule has 2 aromatic rings. The quantitative estimate of drug-likeness (QED) is 0.526. The van der Waals surface area contributed by atoms with Crippen LogP contribution >= 0.6 is 23.2 Å². The number of aryl methyl sites for hydroxylation is 1. The average Bonchev–Trinajstić information content (AvgIpc) is 2.47. The smallest absolute Gasteiger partial charge is 0.223 e. The second kappa shape index (κ2) is 4.96. The number of hydrogen-bond donors (Lipinski definition) is 0. The topological polar surface area (TPSA) is 25.8 Å². The summed E-state index contributed by atoms with van der Waals surface area (Å²) in [5.74, 6) is 0. The Hall–Kier alpha value is -1.12. The molecule has 0 N–H and O–H groups in total. The largest absolute Gasteiger partial charge is 0.224 e. The molecule has 4 rings (SSSR count). The van der Waals surface area contributed by atoms with Crippen LogP contribution in [0.3, 0.4) is 0 Å². The molecule has 4 heteroatoms. The van der Waals surface area contributed by atoms with Crippen molar-refractivity contribution < 1.29 is 0 Å². The van der Waals surface area contributed by atoms with E-state index in [4.69, 9.17) is 23.2 Å². The molecule has 0 amide bonds. The molecule has 0 bridgehead atoms. The molecule has 2 aliphatic rings. The monoisotopic (exact) mass is 318 g/mol. The van der Waals surface area contributed by atoms with E-state index in [0.717, 1.165) is 30.5 Å². The van der Waals surface area contributed by atoms with Crippen molar-refractivity contribution in [2.45, 2.75) is 43.9 Å². The van der Waals surface area contributed by atoms with Crippen LogP contribution in [0.5, 0.6) is 0 Å². The molecular weight excluding hydrogens is 303 g/mol. The van der Waals surface area contributed by atoms with Gasteiger partial charge in [0.15, 0.2) is 0 Å². The Balaban J connectivity index is 1.82. The standard InChI is InChI=1S/C17H16Cl2N2/c18-15-12-7-9-17(10-14(12)20-16(19)21-15)8-3-5-11-4-1-2-6-13(11)17/h1-2,4,6H,3,5,7-10H2. The molecule has 0 aliphatic heterocycles. The van der Waals surface area contributed by atoms with Crippen molar-refractivity contribution in [3.05, 3.63) is 57.1 Å². The van der Waals surface area contributed by atoms with Gasteiger partial charge in [-0.05, 0) is 61.3 Å². The van der Waals surface area contributed by atoms with Gasteiger partial charge >= 0.3 is 0 Å². The van der Waals surface area contributed by atoms with Gasteiger partial charge in [-0.25, -0.2) is 9.97 Å². The molecule has 1 atom stereocenters. The summed E-state index contributed by atoms with van der Waals surface area (Å²) in [7, 11) is 0. The summed E-state index contributed by atoms with van der Waals surface area (Å²) in [6.45, 7) is 0. The molecule has 1 aromatic carbocycles. The highest BCUT2D eigenvalue weighted by Crippen LogP contribution is 2.46. The van der Waals surface area contributed by atoms with Crippen LogP contribution in [0.15, 0.2) is 24.3 Å². The van der Waals surface area contributed by atoms with Crippen LogP contribution in [0, 0.1) is 0 Å². The Morgan fingerprint density at radius 3 is 2.76 bits per heavy atom. The van der Waals surface area contributed by atoms with E-state index < -0.39 is 0 Å². The maximum Gasteiger partial charge on any atom is 0.224 e. The van der Waals surface area contributed by atoms with E-state index in [1.165, 1.54) is 30.4 Å². The molecular formula is C17H16Cl2N2. The summed E-state index contributed by atoms with van der Waals surface area (Å²) in [4.78, 5) is 8.55. The van der Waals surface area contributed by atoms with Gasteiger partial charge in [0.05, 0.1) is 5.69 Å². The van der Waals surface area contributed by atoms with Crippen molar-refractivity contribution in [2.75, 3.05) is 0 Å². The lowest BCUT2D eigenvalue weighted by atomic mass is 9.62. The Morgan fingerprint density at radius 1 is 1.00 bits per heavy atom. The zero-order chi connectivity index (χ0) is 14.4. The van der Waals surface area contributed by atoms with Crippen molar-refractivity contribution in [3.63, 3.8) is 0 Å². The third-order valence-corrected chi connectivity index (χ3v) is 5.55. The van der Waals surface area contributed by atoms with E-state index in [1.807, 2.05) is 0 Å². The number of fused-ring (bicyclic) bond motifs is 3. The van der Waals surface area contributed by atoms with Crippen LogP contribution in [0.2, 0.25) is 10.4 Å². The maximum atomic E-state index is 6.24. The number of halogens is 2. The average molecular weight is 319 g/mol. The van der Waals surface area contributed by atoms with Gasteiger partial charge in [0, 0.05) is 11.0 Å². The summed E-state index contributed by atoms with van der Waals surface area (Å²) < 4.78 is 0. The lowest BCUT2D eigenvalue weighted by Crippen LogP contribution is -2.37. The highest BCUT2D eigenvalue weighted by Gasteiger charge is 2.40. The fourth-order valence-corrected chi connectivity index (χ4v) is 4.60. The molecule has 1 spiro atoms. The highest BCUT2D eigenvalue weighted by atomic mass is 35.5. The van der Waals surface area contributed by atoms with Gasteiger partial charge in [0.25, 0.3) is 0 Å². The van der Waals surface area contributed by atoms with Gasteiger partial charge in [-0.15, -0.1) is 0 Å². The molecule has 0 fully saturated rings. The number of hydrogen-bond acceptors (Lipinski definition) is 2. The van der Waals surface area contributed by atoms with Gasteiger partial charge in [0.2, 0.25) is 5.28 Å². The van der Waals surface area contributed by atoms with Gasteiger partial charge in [-0.1, -0.05) is 35.9 Å². The zero-order valence-electron chi connectivity index (χ0n) is 11.7. The first-order chi connectivity index (χ1) is 10.2. The first-order valence-corrected chi connectivity index (χ1v) is 8.23. The van der Waals surface area contributed by atoms with Crippen molar-refractivity contribution >= 4 is 23.2 Å². The summed E-state index contributed by atoms with van der Waals surface area (Å²) in [6, 6.07) is 8.86. The molecule has 0 radical (unpaired) electrons. The van der Waals surface area contributed by atoms with Gasteiger partial charge < -0.3 is 0 Å². The van der Waals surface area contributed by atoms with Crippen LogP contribution in [-0.4, -0.2) is 9.97 Å². The van der Waals surface area contributed by atoms with Crippen molar-refractivity contribution in [1.29, 1.82) is 0 Å². The molecule has 1 aromatic heterocycles. The van der Waals surface area contributed by atoms with Crippen LogP contribution < -0.4 is 0 Å². The zero-order valence-corrected chi connectivity index (χ0v) is 13.2. The van der Waals surface area contributed by atoms with Crippen LogP contribution in [-0.2, 0) is 24.7 Å². The van der Waals surface area contributed by atoms with Crippen molar-refractivity contribution in [1.82, 2.24) is 9.97 Å². The molecule has 2 nitrogen and oxygen atoms in total. The first-order valence-electron chi connectivity index (χ1n) is 7.47. The Morgan fingerprint density at radius 2 is 1.86 bits per heavy atom. The molecule has 108 valence electrons. The number of nitrogens with zero attached hydrogens (tertiary/aromatic N) is 2. The number of benzene rings is 1. The molecule has 21 heavy (non-hydrogen) atoms. The van der Waals surface area contributed by atoms with Crippen LogP contribution in [0.4, 0.5) is 0 Å². The second-order valence-electron chi connectivity index (χ2n) is 6.18. The molecule has 1 heterocycles. The number of rotatable bonds is 0. The minimum atomic E-state index is 0.211. The SMILES string of the molecule is Clc1nc(Cl)c2c(n1)CC1(CCCc3ccccc31)CC2. The minimum Gasteiger partial charge on any atom is -0.223 e. The van der Waals surface area contributed by atoms with Crippen LogP contribution in [0.1, 0.15) is 41.6 Å². The second-order valence-corrected chi connectivity index (χ2v) is 6.87. The summed E-state index contributed by atoms with van der Waals surface area (Å²) in [5, 5.41) is 0.795. The molecule has 0 saturated carbocycles. The maximum absolute atomic E-state index is 6.24. The first kappa shape index (κ1) is 13.5. The van der Waals surface area contributed by atoms with Crippen molar-refractivity contribution in [3.8, 4) is 0 Å². The lowest BCUT2D eigenvalue weighted by molar-refractivity contribution is 0.312. The summed E-state index contributed by atoms with van der Waals surface area (Å²) in [6.07, 6.45) is 6.67. The Labute approximate surface area is 134 Å². The normalized spacial score (nSPS) is 23.7. The summed E-state index contributed by atoms with van der Waals surface area (Å²) in [5.41, 5.74) is 5.35. The van der Waals surface area contributed by atoms with E-state index in [-0.39, 0.29) is 10.7 Å². The van der Waals surface area contributed by atoms with E-state index in [2.05, 4.69) is 34.2 Å². The molecule has 0 saturated heterocycles. The predicted molar refractivity (Wildman–Crippen MR) is 85.1 cm³/mol. The van der Waals surface area contributed by atoms with E-state index in [1.54, 1.807) is 0 Å². The van der Waals surface area contributed by atoms with Gasteiger partial charge in [-0.3, -0.25) is 0 Å². The fourth-order valence-electron chi connectivity index (χ4n) is 4.09. The van der Waals surface area contributed by atoms with E-state index in [9.17, 15) is 0 Å². The fraction of sp³-hybridized carbons (Fsp3) is 0.412. The van der Waals surface area contributed by atoms with E-state index >= 15 is 0 Å². The third kappa shape index (κ3) is 2.16. The summed E-state index contributed by atoms with van der Waals surface area (Å²) >= 11 is 12.2. The Kier molecular flexibility index (Phi) is 3.20. The lowest BCUT2D eigenvalue weighted by Gasteiger charge is -2.42. The molecule has 2 aliphatic carbocycles. The van der Waals surface area contributed by atoms with Gasteiger partial charge in [-0.2, -0.15) is 0 Å². The predicted octanol–water partition coefficient (Wildman–Crippen LogP) is 4.55. The van der Waals surface area contributed by atoms with E-state index in [0.29, 0.717) is 5.15 Å². The van der Waals surface area contributed by atoms with Crippen molar-refractivity contribution in [2.24, 2.45) is 0 Å². The van der Waals surface area contributed by atoms with Crippen LogP contribution in [0.25, 0.3) is 0 Å². The number of aromatic nitrogens is 2. The third-order valence-electron chi connectivity index (χ3n) is 5.06.